The van der Waals surface area contributed by atoms with Crippen molar-refractivity contribution >= 4 is 5.78 Å². The number of allylic oxidation sites excluding steroid dienone is 1. The summed E-state index contributed by atoms with van der Waals surface area (Å²) >= 11 is 0. The smallest absolute Gasteiger partial charge is 0.387 e. The molecule has 126 valence electrons. The van der Waals surface area contributed by atoms with Crippen LogP contribution in [0.2, 0.25) is 0 Å². The number of ether oxygens (including phenoxy) is 2. The lowest BCUT2D eigenvalue weighted by atomic mass is 9.74. The minimum absolute atomic E-state index is 0.0850. The summed E-state index contributed by atoms with van der Waals surface area (Å²) in [5.74, 6) is -1.61. The second kappa shape index (κ2) is 5.60. The molecule has 1 aromatic rings. The molecule has 1 atom stereocenters. The molecule has 0 aliphatic heterocycles. The van der Waals surface area contributed by atoms with E-state index >= 15 is 0 Å². The van der Waals surface area contributed by atoms with E-state index < -0.39 is 29.2 Å². The number of carbonyl (C=O) groups is 1. The largest absolute Gasteiger partial charge is 0.433 e. The van der Waals surface area contributed by atoms with Crippen LogP contribution in [0.5, 0.6) is 5.75 Å². The summed E-state index contributed by atoms with van der Waals surface area (Å²) in [5.41, 5.74) is -2.37. The molecule has 1 fully saturated rings. The molecule has 0 N–H and O–H groups in total. The molecule has 2 aliphatic rings. The van der Waals surface area contributed by atoms with Crippen molar-refractivity contribution in [3.05, 3.63) is 35.4 Å². The Morgan fingerprint density at radius 1 is 1.42 bits per heavy atom. The van der Waals surface area contributed by atoms with Crippen LogP contribution in [-0.2, 0) is 15.1 Å². The first-order valence-electron chi connectivity index (χ1n) is 7.19. The van der Waals surface area contributed by atoms with E-state index in [0.29, 0.717) is 12.8 Å². The average Bonchev–Trinajstić information content (AvgIpc) is 3.30. The summed E-state index contributed by atoms with van der Waals surface area (Å²) in [5, 5.41) is 9.23. The number of nitriles is 1. The Labute approximate surface area is 135 Å². The van der Waals surface area contributed by atoms with Gasteiger partial charge < -0.3 is 9.47 Å². The van der Waals surface area contributed by atoms with E-state index in [1.54, 1.807) is 0 Å². The highest BCUT2D eigenvalue weighted by Crippen LogP contribution is 2.59. The highest BCUT2D eigenvalue weighted by atomic mass is 19.3. The van der Waals surface area contributed by atoms with Crippen molar-refractivity contribution < 1.29 is 27.4 Å². The SMILES string of the molecule is COC1(c2ncc(F)cc2OC(F)F)C=C(C#N)C(=O)C2(CC2)C1. The molecule has 1 heterocycles. The van der Waals surface area contributed by atoms with Crippen molar-refractivity contribution in [1.82, 2.24) is 4.98 Å². The molecule has 0 amide bonds. The van der Waals surface area contributed by atoms with Gasteiger partial charge in [-0.2, -0.15) is 14.0 Å². The second-order valence-corrected chi connectivity index (χ2v) is 5.93. The van der Waals surface area contributed by atoms with Crippen molar-refractivity contribution in [3.63, 3.8) is 0 Å². The van der Waals surface area contributed by atoms with Gasteiger partial charge in [0, 0.05) is 18.6 Å². The zero-order valence-electron chi connectivity index (χ0n) is 12.7. The molecule has 0 aromatic carbocycles. The number of Topliss-reactive ketones (excluding diaryl/α,β-unsaturated/α-hetero) is 1. The molecule has 1 unspecified atom stereocenters. The average molecular weight is 338 g/mol. The van der Waals surface area contributed by atoms with E-state index in [-0.39, 0.29) is 23.5 Å². The lowest BCUT2D eigenvalue weighted by Gasteiger charge is -2.36. The van der Waals surface area contributed by atoms with Crippen LogP contribution in [0.4, 0.5) is 13.2 Å². The molecular weight excluding hydrogens is 325 g/mol. The highest BCUT2D eigenvalue weighted by Gasteiger charge is 2.59. The summed E-state index contributed by atoms with van der Waals surface area (Å²) in [6.07, 6.45) is 3.39. The predicted molar refractivity (Wildman–Crippen MR) is 74.5 cm³/mol. The third-order valence-electron chi connectivity index (χ3n) is 4.48. The van der Waals surface area contributed by atoms with Crippen LogP contribution >= 0.6 is 0 Å². The summed E-state index contributed by atoms with van der Waals surface area (Å²) in [6, 6.07) is 2.60. The second-order valence-electron chi connectivity index (χ2n) is 5.93. The zero-order valence-corrected chi connectivity index (χ0v) is 12.7. The fourth-order valence-corrected chi connectivity index (χ4v) is 3.16. The van der Waals surface area contributed by atoms with Gasteiger partial charge in [-0.1, -0.05) is 0 Å². The molecule has 0 radical (unpaired) electrons. The Kier molecular flexibility index (Phi) is 3.84. The van der Waals surface area contributed by atoms with Crippen molar-refractivity contribution in [3.8, 4) is 11.8 Å². The summed E-state index contributed by atoms with van der Waals surface area (Å²) in [6.45, 7) is -3.18. The van der Waals surface area contributed by atoms with Gasteiger partial charge in [0.1, 0.15) is 23.2 Å². The number of ketones is 1. The number of rotatable bonds is 4. The van der Waals surface area contributed by atoms with E-state index in [0.717, 1.165) is 12.3 Å². The maximum atomic E-state index is 13.4. The van der Waals surface area contributed by atoms with Gasteiger partial charge in [-0.3, -0.25) is 9.78 Å². The van der Waals surface area contributed by atoms with Crippen LogP contribution in [0.3, 0.4) is 0 Å². The van der Waals surface area contributed by atoms with Gasteiger partial charge in [-0.05, 0) is 25.3 Å². The topological polar surface area (TPSA) is 72.2 Å². The van der Waals surface area contributed by atoms with E-state index in [4.69, 9.17) is 4.74 Å². The highest BCUT2D eigenvalue weighted by molar-refractivity contribution is 6.06. The molecule has 3 rings (SSSR count). The van der Waals surface area contributed by atoms with Crippen LogP contribution < -0.4 is 4.74 Å². The molecule has 1 spiro atoms. The normalized spacial score (nSPS) is 24.7. The molecule has 0 bridgehead atoms. The minimum atomic E-state index is -3.18. The first-order valence-corrected chi connectivity index (χ1v) is 7.19. The van der Waals surface area contributed by atoms with E-state index in [2.05, 4.69) is 9.72 Å². The molecule has 8 heteroatoms. The van der Waals surface area contributed by atoms with Crippen LogP contribution in [0.25, 0.3) is 0 Å². The van der Waals surface area contributed by atoms with Gasteiger partial charge in [-0.15, -0.1) is 0 Å². The van der Waals surface area contributed by atoms with Crippen LogP contribution in [0.15, 0.2) is 23.9 Å². The van der Waals surface area contributed by atoms with Gasteiger partial charge in [0.05, 0.1) is 11.8 Å². The lowest BCUT2D eigenvalue weighted by Crippen LogP contribution is -2.39. The maximum absolute atomic E-state index is 13.4. The first kappa shape index (κ1) is 16.5. The van der Waals surface area contributed by atoms with Crippen molar-refractivity contribution in [2.45, 2.75) is 31.5 Å². The third kappa shape index (κ3) is 2.55. The number of nitrogens with zero attached hydrogens (tertiary/aromatic N) is 2. The molecule has 5 nitrogen and oxygen atoms in total. The summed E-state index contributed by atoms with van der Waals surface area (Å²) in [4.78, 5) is 16.2. The van der Waals surface area contributed by atoms with E-state index in [9.17, 15) is 23.2 Å². The van der Waals surface area contributed by atoms with Crippen molar-refractivity contribution in [2.24, 2.45) is 5.41 Å². The van der Waals surface area contributed by atoms with Gasteiger partial charge in [0.15, 0.2) is 11.5 Å². The predicted octanol–water partition coefficient (Wildman–Crippen LogP) is 2.87. The van der Waals surface area contributed by atoms with Gasteiger partial charge in [0.2, 0.25) is 0 Å². The number of hydrogen-bond donors (Lipinski definition) is 0. The minimum Gasteiger partial charge on any atom is -0.433 e. The number of pyridine rings is 1. The number of carbonyl (C=O) groups excluding carboxylic acids is 1. The summed E-state index contributed by atoms with van der Waals surface area (Å²) in [7, 11) is 1.31. The van der Waals surface area contributed by atoms with E-state index in [1.807, 2.05) is 6.07 Å². The maximum Gasteiger partial charge on any atom is 0.387 e. The fraction of sp³-hybridized carbons (Fsp3) is 0.438. The number of hydrogen-bond acceptors (Lipinski definition) is 5. The number of methoxy groups -OCH3 is 1. The van der Waals surface area contributed by atoms with Crippen molar-refractivity contribution in [2.75, 3.05) is 7.11 Å². The summed E-state index contributed by atoms with van der Waals surface area (Å²) < 4.78 is 48.6. The van der Waals surface area contributed by atoms with Crippen LogP contribution in [0, 0.1) is 22.6 Å². The van der Waals surface area contributed by atoms with Gasteiger partial charge >= 0.3 is 6.61 Å². The molecule has 0 saturated heterocycles. The lowest BCUT2D eigenvalue weighted by molar-refractivity contribution is -0.125. The molecule has 1 aromatic heterocycles. The first-order chi connectivity index (χ1) is 11.4. The van der Waals surface area contributed by atoms with E-state index in [1.165, 1.54) is 13.2 Å². The Morgan fingerprint density at radius 3 is 2.67 bits per heavy atom. The standard InChI is InChI=1S/C16H13F3N2O3/c1-23-16(5-9(6-20)13(22)15(8-16)2-3-15)12-11(24-14(18)19)4-10(17)7-21-12/h4-5,7,14H,2-3,8H2,1H3. The van der Waals surface area contributed by atoms with Gasteiger partial charge in [0.25, 0.3) is 0 Å². The number of alkyl halides is 2. The fourth-order valence-electron chi connectivity index (χ4n) is 3.16. The molecule has 2 aliphatic carbocycles. The zero-order chi connectivity index (χ0) is 17.5. The Morgan fingerprint density at radius 2 is 2.12 bits per heavy atom. The third-order valence-corrected chi connectivity index (χ3v) is 4.48. The van der Waals surface area contributed by atoms with Crippen LogP contribution in [0.1, 0.15) is 25.0 Å². The molecule has 24 heavy (non-hydrogen) atoms. The number of halogens is 3. The van der Waals surface area contributed by atoms with Gasteiger partial charge in [-0.25, -0.2) is 4.39 Å². The Hall–Kier alpha value is -2.40. The Balaban J connectivity index is 2.17. The monoisotopic (exact) mass is 338 g/mol. The van der Waals surface area contributed by atoms with Crippen molar-refractivity contribution in [1.29, 1.82) is 5.26 Å². The van der Waals surface area contributed by atoms with Crippen LogP contribution in [-0.4, -0.2) is 24.5 Å². The Bertz CT molecular complexity index is 768. The quantitative estimate of drug-likeness (QED) is 0.844. The molecule has 1 saturated carbocycles. The number of aromatic nitrogens is 1. The molecular formula is C16H13F3N2O3.